The normalized spacial score (nSPS) is 38.8. The number of ether oxygens (including phenoxy) is 1. The summed E-state index contributed by atoms with van der Waals surface area (Å²) in [7, 11) is 0. The van der Waals surface area contributed by atoms with Gasteiger partial charge in [-0.2, -0.15) is 0 Å². The lowest BCUT2D eigenvalue weighted by molar-refractivity contribution is -0.131. The maximum Gasteiger partial charge on any atom is 0.152 e. The topological polar surface area (TPSA) is 46.7 Å². The fourth-order valence-electron chi connectivity index (χ4n) is 3.52. The van der Waals surface area contributed by atoms with E-state index in [1.807, 2.05) is 0 Å². The average Bonchev–Trinajstić information content (AvgIpc) is 2.91. The van der Waals surface area contributed by atoms with Crippen molar-refractivity contribution < 1.29 is 14.3 Å². The zero-order chi connectivity index (χ0) is 12.9. The Balaban J connectivity index is 2.51. The molecule has 0 bridgehead atoms. The van der Waals surface area contributed by atoms with Crippen LogP contribution in [0.3, 0.4) is 0 Å². The minimum Gasteiger partial charge on any atom is -0.368 e. The van der Waals surface area contributed by atoms with Gasteiger partial charge in [-0.1, -0.05) is 19.9 Å². The second-order valence-electron chi connectivity index (χ2n) is 5.98. The summed E-state index contributed by atoms with van der Waals surface area (Å²) >= 11 is 0. The summed E-state index contributed by atoms with van der Waals surface area (Å²) in [5.41, 5.74) is -1.12. The summed E-state index contributed by atoms with van der Waals surface area (Å²) in [6, 6.07) is 0. The van der Waals surface area contributed by atoms with E-state index in [0.717, 1.165) is 12.8 Å². The lowest BCUT2D eigenvalue weighted by Gasteiger charge is -2.39. The second-order valence-corrected chi connectivity index (χ2v) is 5.98. The van der Waals surface area contributed by atoms with Gasteiger partial charge in [0, 0.05) is 0 Å². The molecule has 94 valence electrons. The number of hydrogen-bond acceptors (Lipinski definition) is 3. The van der Waals surface area contributed by atoms with Gasteiger partial charge in [0.05, 0.1) is 12.0 Å². The Bertz CT molecular complexity index is 394. The first-order valence-electron chi connectivity index (χ1n) is 6.12. The van der Waals surface area contributed by atoms with Crippen molar-refractivity contribution in [3.8, 4) is 0 Å². The second kappa shape index (κ2) is 3.52. The van der Waals surface area contributed by atoms with Crippen LogP contribution in [-0.2, 0) is 14.3 Å². The van der Waals surface area contributed by atoms with Crippen LogP contribution in [0.25, 0.3) is 0 Å². The van der Waals surface area contributed by atoms with E-state index < -0.39 is 5.41 Å². The Morgan fingerprint density at radius 2 is 1.76 bits per heavy atom. The van der Waals surface area contributed by atoms with Crippen LogP contribution >= 0.6 is 0 Å². The smallest absolute Gasteiger partial charge is 0.152 e. The van der Waals surface area contributed by atoms with Crippen LogP contribution in [0, 0.1) is 10.8 Å². The van der Waals surface area contributed by atoms with Crippen molar-refractivity contribution in [2.75, 3.05) is 6.61 Å². The van der Waals surface area contributed by atoms with E-state index in [1.54, 1.807) is 13.0 Å². The van der Waals surface area contributed by atoms with Crippen LogP contribution in [0.5, 0.6) is 0 Å². The van der Waals surface area contributed by atoms with E-state index in [-0.39, 0.29) is 22.6 Å². The highest BCUT2D eigenvalue weighted by molar-refractivity contribution is 5.92. The Labute approximate surface area is 102 Å². The molecule has 2 rings (SSSR count). The molecule has 17 heavy (non-hydrogen) atoms. The summed E-state index contributed by atoms with van der Waals surface area (Å²) in [4.78, 5) is 23.4. The predicted molar refractivity (Wildman–Crippen MR) is 64.6 cm³/mol. The van der Waals surface area contributed by atoms with Crippen LogP contribution < -0.4 is 0 Å². The molecule has 1 aliphatic heterocycles. The molecule has 0 amide bonds. The highest BCUT2D eigenvalue weighted by Gasteiger charge is 2.72. The minimum atomic E-state index is -0.633. The lowest BCUT2D eigenvalue weighted by atomic mass is 9.61. The van der Waals surface area contributed by atoms with Gasteiger partial charge in [0.2, 0.25) is 0 Å². The van der Waals surface area contributed by atoms with Crippen molar-refractivity contribution in [1.29, 1.82) is 0 Å². The molecular weight excluding hydrogens is 216 g/mol. The van der Waals surface area contributed by atoms with Gasteiger partial charge in [0.25, 0.3) is 0 Å². The number of carbonyl (C=O) groups is 2. The predicted octanol–water partition coefficient (Wildman–Crippen LogP) is 2.30. The van der Waals surface area contributed by atoms with Crippen LogP contribution in [-0.4, -0.2) is 23.8 Å². The van der Waals surface area contributed by atoms with Gasteiger partial charge in [-0.05, 0) is 38.2 Å². The van der Waals surface area contributed by atoms with Crippen LogP contribution in [0.15, 0.2) is 12.2 Å². The van der Waals surface area contributed by atoms with Crippen molar-refractivity contribution in [3.05, 3.63) is 12.2 Å². The number of hydrogen-bond donors (Lipinski definition) is 0. The Hall–Kier alpha value is -0.960. The highest BCUT2D eigenvalue weighted by Crippen LogP contribution is 2.66. The number of ketones is 2. The molecule has 2 atom stereocenters. The molecule has 1 spiro atoms. The molecule has 1 saturated heterocycles. The van der Waals surface area contributed by atoms with Gasteiger partial charge in [-0.15, -0.1) is 0 Å². The first kappa shape index (κ1) is 12.5. The third kappa shape index (κ3) is 1.52. The summed E-state index contributed by atoms with van der Waals surface area (Å²) in [5.74, 6) is 0.0825. The molecule has 2 aliphatic rings. The highest BCUT2D eigenvalue weighted by atomic mass is 16.6. The molecule has 0 aromatic heterocycles. The molecule has 2 unspecified atom stereocenters. The molecule has 3 nitrogen and oxygen atoms in total. The Kier molecular flexibility index (Phi) is 2.58. The molecule has 1 aliphatic carbocycles. The third-order valence-corrected chi connectivity index (χ3v) is 4.56. The van der Waals surface area contributed by atoms with Crippen LogP contribution in [0.1, 0.15) is 40.5 Å². The van der Waals surface area contributed by atoms with E-state index in [2.05, 4.69) is 13.8 Å². The van der Waals surface area contributed by atoms with Gasteiger partial charge in [0.1, 0.15) is 11.4 Å². The largest absolute Gasteiger partial charge is 0.368 e. The van der Waals surface area contributed by atoms with E-state index in [1.165, 1.54) is 13.0 Å². The molecule has 0 aromatic rings. The van der Waals surface area contributed by atoms with E-state index >= 15 is 0 Å². The molecule has 1 saturated carbocycles. The summed E-state index contributed by atoms with van der Waals surface area (Å²) in [5, 5.41) is 0. The van der Waals surface area contributed by atoms with Gasteiger partial charge in [0.15, 0.2) is 5.78 Å². The first-order chi connectivity index (χ1) is 7.77. The fourth-order valence-corrected chi connectivity index (χ4v) is 3.52. The monoisotopic (exact) mass is 236 g/mol. The third-order valence-electron chi connectivity index (χ3n) is 4.56. The van der Waals surface area contributed by atoms with Crippen LogP contribution in [0.4, 0.5) is 0 Å². The number of epoxide rings is 1. The summed E-state index contributed by atoms with van der Waals surface area (Å²) in [6.45, 7) is 7.94. The van der Waals surface area contributed by atoms with Gasteiger partial charge < -0.3 is 4.74 Å². The number of rotatable bonds is 3. The Morgan fingerprint density at radius 3 is 2.18 bits per heavy atom. The van der Waals surface area contributed by atoms with Crippen molar-refractivity contribution in [2.24, 2.45) is 10.8 Å². The minimum absolute atomic E-state index is 0.0240. The molecule has 1 heterocycles. The number of allylic oxidation sites excluding steroid dienone is 1. The molecule has 0 N–H and O–H groups in total. The SMILES string of the molecule is CC(=O)/C=C\C1(C(C)=O)C(C)(C)CCC12CO2. The fraction of sp³-hybridized carbons (Fsp3) is 0.714. The van der Waals surface area contributed by atoms with Gasteiger partial charge >= 0.3 is 0 Å². The lowest BCUT2D eigenvalue weighted by Crippen LogP contribution is -2.47. The average molecular weight is 236 g/mol. The summed E-state index contributed by atoms with van der Waals surface area (Å²) in [6.07, 6.45) is 5.19. The Morgan fingerprint density at radius 1 is 1.18 bits per heavy atom. The van der Waals surface area contributed by atoms with E-state index in [9.17, 15) is 9.59 Å². The number of carbonyl (C=O) groups excluding carboxylic acids is 2. The molecule has 2 fully saturated rings. The van der Waals surface area contributed by atoms with Crippen molar-refractivity contribution >= 4 is 11.6 Å². The van der Waals surface area contributed by atoms with E-state index in [0.29, 0.717) is 6.61 Å². The van der Waals surface area contributed by atoms with Crippen LogP contribution in [0.2, 0.25) is 0 Å². The zero-order valence-corrected chi connectivity index (χ0v) is 11.0. The zero-order valence-electron chi connectivity index (χ0n) is 11.0. The molecule has 0 aromatic carbocycles. The maximum atomic E-state index is 12.2. The molecule has 0 radical (unpaired) electrons. The quantitative estimate of drug-likeness (QED) is 0.558. The number of Topliss-reactive ketones (excluding diaryl/α,β-unsaturated/α-hetero) is 1. The van der Waals surface area contributed by atoms with E-state index in [4.69, 9.17) is 4.74 Å². The van der Waals surface area contributed by atoms with Crippen molar-refractivity contribution in [3.63, 3.8) is 0 Å². The molecular formula is C14H20O3. The maximum absolute atomic E-state index is 12.2. The standard InChI is InChI=1S/C14H20O3/c1-10(15)5-6-14(11(2)16)12(3,4)7-8-13(14)9-17-13/h5-6H,7-9H2,1-4H3/b6-5-. The van der Waals surface area contributed by atoms with Gasteiger partial charge in [-0.25, -0.2) is 0 Å². The first-order valence-corrected chi connectivity index (χ1v) is 6.12. The van der Waals surface area contributed by atoms with Gasteiger partial charge in [-0.3, -0.25) is 9.59 Å². The molecule has 3 heteroatoms. The van der Waals surface area contributed by atoms with Crippen molar-refractivity contribution in [2.45, 2.75) is 46.1 Å². The van der Waals surface area contributed by atoms with Crippen molar-refractivity contribution in [1.82, 2.24) is 0 Å². The summed E-state index contributed by atoms with van der Waals surface area (Å²) < 4.78 is 5.62.